The molecule has 0 radical (unpaired) electrons. The molecule has 0 bridgehead atoms. The molecule has 7 heteroatoms. The summed E-state index contributed by atoms with van der Waals surface area (Å²) >= 11 is 7.72. The lowest BCUT2D eigenvalue weighted by Gasteiger charge is -2.25. The van der Waals surface area contributed by atoms with Crippen LogP contribution in [0.25, 0.3) is 11.4 Å². The van der Waals surface area contributed by atoms with Gasteiger partial charge in [-0.1, -0.05) is 53.7 Å². The smallest absolute Gasteiger partial charge is 0.240 e. The van der Waals surface area contributed by atoms with Gasteiger partial charge in [-0.25, -0.2) is 0 Å². The van der Waals surface area contributed by atoms with Crippen molar-refractivity contribution < 1.29 is 4.79 Å². The number of para-hydroxylation sites is 1. The Morgan fingerprint density at radius 2 is 1.89 bits per heavy atom. The van der Waals surface area contributed by atoms with Gasteiger partial charge in [0.05, 0.1) is 10.3 Å². The van der Waals surface area contributed by atoms with Crippen LogP contribution in [0.1, 0.15) is 19.4 Å². The highest BCUT2D eigenvalue weighted by atomic mass is 35.5. The van der Waals surface area contributed by atoms with Crippen LogP contribution < -0.4 is 4.90 Å². The van der Waals surface area contributed by atoms with Crippen molar-refractivity contribution in [2.45, 2.75) is 36.7 Å². The molecule has 2 heterocycles. The number of amides is 1. The number of carbonyl (C=O) groups excluding carboxylic acids is 1. The predicted molar refractivity (Wildman–Crippen MR) is 114 cm³/mol. The van der Waals surface area contributed by atoms with Crippen LogP contribution in [0.15, 0.2) is 53.7 Å². The highest BCUT2D eigenvalue weighted by molar-refractivity contribution is 8.00. The standard InChI is InChI=1S/C21H21ClN4OS/c1-13-12-15-8-4-7-11-18(15)26(13)20(27)14(2)28-21-24-23-19(25(21)3)16-9-5-6-10-17(16)22/h4-11,13-14H,12H2,1-3H3/t13-,14-/m1/s1. The third kappa shape index (κ3) is 3.31. The molecule has 0 aliphatic carbocycles. The number of carbonyl (C=O) groups is 1. The maximum Gasteiger partial charge on any atom is 0.240 e. The molecule has 3 aromatic rings. The Kier molecular flexibility index (Phi) is 5.17. The molecule has 1 aromatic heterocycles. The number of benzene rings is 2. The Labute approximate surface area is 173 Å². The molecule has 1 aliphatic rings. The van der Waals surface area contributed by atoms with E-state index >= 15 is 0 Å². The van der Waals surface area contributed by atoms with Crippen molar-refractivity contribution in [3.05, 3.63) is 59.1 Å². The summed E-state index contributed by atoms with van der Waals surface area (Å²) in [6, 6.07) is 15.8. The second-order valence-corrected chi connectivity index (χ2v) is 8.71. The zero-order valence-corrected chi connectivity index (χ0v) is 17.5. The van der Waals surface area contributed by atoms with Crippen LogP contribution in [-0.4, -0.2) is 32.0 Å². The molecule has 1 aliphatic heterocycles. The minimum Gasteiger partial charge on any atom is -0.308 e. The lowest BCUT2D eigenvalue weighted by atomic mass is 10.1. The van der Waals surface area contributed by atoms with E-state index in [1.54, 1.807) is 0 Å². The summed E-state index contributed by atoms with van der Waals surface area (Å²) in [4.78, 5) is 15.1. The Balaban J connectivity index is 1.56. The number of halogens is 1. The first kappa shape index (κ1) is 19.0. The topological polar surface area (TPSA) is 51.0 Å². The zero-order chi connectivity index (χ0) is 19.8. The lowest BCUT2D eigenvalue weighted by molar-refractivity contribution is -0.118. The van der Waals surface area contributed by atoms with Crippen molar-refractivity contribution >= 4 is 35.0 Å². The molecule has 2 atom stereocenters. The molecule has 2 aromatic carbocycles. The van der Waals surface area contributed by atoms with Crippen molar-refractivity contribution in [1.29, 1.82) is 0 Å². The zero-order valence-electron chi connectivity index (χ0n) is 16.0. The van der Waals surface area contributed by atoms with E-state index in [9.17, 15) is 4.79 Å². The third-order valence-corrected chi connectivity index (χ3v) is 6.48. The second-order valence-electron chi connectivity index (χ2n) is 7.00. The van der Waals surface area contributed by atoms with E-state index in [0.29, 0.717) is 16.0 Å². The fourth-order valence-corrected chi connectivity index (χ4v) is 4.68. The van der Waals surface area contributed by atoms with Crippen molar-refractivity contribution in [2.24, 2.45) is 7.05 Å². The van der Waals surface area contributed by atoms with Crippen LogP contribution in [-0.2, 0) is 18.3 Å². The molecule has 0 unspecified atom stereocenters. The van der Waals surface area contributed by atoms with E-state index in [-0.39, 0.29) is 17.2 Å². The Hall–Kier alpha value is -2.31. The van der Waals surface area contributed by atoms with Crippen molar-refractivity contribution in [3.63, 3.8) is 0 Å². The summed E-state index contributed by atoms with van der Waals surface area (Å²) in [6.45, 7) is 4.01. The first-order chi connectivity index (χ1) is 13.5. The van der Waals surface area contributed by atoms with Crippen LogP contribution in [0.3, 0.4) is 0 Å². The number of hydrogen-bond donors (Lipinski definition) is 0. The molecule has 28 heavy (non-hydrogen) atoms. The first-order valence-electron chi connectivity index (χ1n) is 9.19. The summed E-state index contributed by atoms with van der Waals surface area (Å²) < 4.78 is 1.89. The molecular formula is C21H21ClN4OS. The van der Waals surface area contributed by atoms with E-state index in [0.717, 1.165) is 17.7 Å². The quantitative estimate of drug-likeness (QED) is 0.588. The van der Waals surface area contributed by atoms with Gasteiger partial charge >= 0.3 is 0 Å². The second kappa shape index (κ2) is 7.60. The summed E-state index contributed by atoms with van der Waals surface area (Å²) in [5.41, 5.74) is 3.06. The number of hydrogen-bond acceptors (Lipinski definition) is 4. The van der Waals surface area contributed by atoms with Gasteiger partial charge in [-0.15, -0.1) is 10.2 Å². The molecule has 0 saturated heterocycles. The average molecular weight is 413 g/mol. The van der Waals surface area contributed by atoms with Gasteiger partial charge in [-0.05, 0) is 44.0 Å². The Morgan fingerprint density at radius 1 is 1.18 bits per heavy atom. The third-order valence-electron chi connectivity index (χ3n) is 5.02. The number of rotatable bonds is 4. The number of fused-ring (bicyclic) bond motifs is 1. The van der Waals surface area contributed by atoms with E-state index < -0.39 is 0 Å². The Bertz CT molecular complexity index is 1030. The highest BCUT2D eigenvalue weighted by Crippen LogP contribution is 2.35. The van der Waals surface area contributed by atoms with Crippen molar-refractivity contribution in [2.75, 3.05) is 4.90 Å². The van der Waals surface area contributed by atoms with E-state index in [1.165, 1.54) is 17.3 Å². The Morgan fingerprint density at radius 3 is 2.68 bits per heavy atom. The molecular weight excluding hydrogens is 392 g/mol. The highest BCUT2D eigenvalue weighted by Gasteiger charge is 2.34. The van der Waals surface area contributed by atoms with Crippen LogP contribution in [0.2, 0.25) is 5.02 Å². The SMILES string of the molecule is C[C@@H]1Cc2ccccc2N1C(=O)[C@@H](C)Sc1nnc(-c2ccccc2Cl)n1C. The van der Waals surface area contributed by atoms with Gasteiger partial charge in [0.1, 0.15) is 0 Å². The largest absolute Gasteiger partial charge is 0.308 e. The van der Waals surface area contributed by atoms with Crippen LogP contribution in [0.5, 0.6) is 0 Å². The van der Waals surface area contributed by atoms with Crippen molar-refractivity contribution in [1.82, 2.24) is 14.8 Å². The summed E-state index contributed by atoms with van der Waals surface area (Å²) in [5, 5.41) is 9.62. The molecule has 5 nitrogen and oxygen atoms in total. The van der Waals surface area contributed by atoms with Gasteiger partial charge in [-0.3, -0.25) is 4.79 Å². The average Bonchev–Trinajstić information content (AvgIpc) is 3.21. The molecule has 0 fully saturated rings. The van der Waals surface area contributed by atoms with E-state index in [4.69, 9.17) is 11.6 Å². The van der Waals surface area contributed by atoms with Gasteiger partial charge < -0.3 is 9.47 Å². The first-order valence-corrected chi connectivity index (χ1v) is 10.4. The van der Waals surface area contributed by atoms with Gasteiger partial charge in [-0.2, -0.15) is 0 Å². The van der Waals surface area contributed by atoms with Gasteiger partial charge in [0.25, 0.3) is 0 Å². The molecule has 1 amide bonds. The summed E-state index contributed by atoms with van der Waals surface area (Å²) in [5.74, 6) is 0.775. The van der Waals surface area contributed by atoms with Gasteiger partial charge in [0.2, 0.25) is 5.91 Å². The number of anilines is 1. The maximum atomic E-state index is 13.2. The maximum absolute atomic E-state index is 13.2. The van der Waals surface area contributed by atoms with Crippen molar-refractivity contribution in [3.8, 4) is 11.4 Å². The fourth-order valence-electron chi connectivity index (χ4n) is 3.60. The molecule has 0 saturated carbocycles. The minimum atomic E-state index is -0.282. The molecule has 0 N–H and O–H groups in total. The lowest BCUT2D eigenvalue weighted by Crippen LogP contribution is -2.40. The van der Waals surface area contributed by atoms with Gasteiger partial charge in [0.15, 0.2) is 11.0 Å². The minimum absolute atomic E-state index is 0.0877. The van der Waals surface area contributed by atoms with E-state index in [1.807, 2.05) is 65.9 Å². The van der Waals surface area contributed by atoms with Crippen LogP contribution in [0, 0.1) is 0 Å². The van der Waals surface area contributed by atoms with E-state index in [2.05, 4.69) is 23.2 Å². The van der Waals surface area contributed by atoms with Gasteiger partial charge in [0, 0.05) is 24.3 Å². The molecule has 4 rings (SSSR count). The predicted octanol–water partition coefficient (Wildman–Crippen LogP) is 4.59. The number of nitrogens with zero attached hydrogens (tertiary/aromatic N) is 4. The molecule has 144 valence electrons. The number of aromatic nitrogens is 3. The summed E-state index contributed by atoms with van der Waals surface area (Å²) in [6.07, 6.45) is 0.889. The van der Waals surface area contributed by atoms with Crippen LogP contribution >= 0.6 is 23.4 Å². The van der Waals surface area contributed by atoms with Crippen LogP contribution in [0.4, 0.5) is 5.69 Å². The monoisotopic (exact) mass is 412 g/mol. The normalized spacial score (nSPS) is 16.9. The molecule has 0 spiro atoms. The number of thioether (sulfide) groups is 1. The fraction of sp³-hybridized carbons (Fsp3) is 0.286. The summed E-state index contributed by atoms with van der Waals surface area (Å²) in [7, 11) is 1.89.